The van der Waals surface area contributed by atoms with Gasteiger partial charge in [0.05, 0.1) is 4.88 Å². The smallest absolute Gasteiger partial charge is 0.285 e. The number of thiophene rings is 1. The number of nitrogens with one attached hydrogen (secondary N) is 1. The first-order valence-corrected chi connectivity index (χ1v) is 11.8. The maximum absolute atomic E-state index is 12.7. The molecule has 2 aliphatic heterocycles. The molecule has 0 unspecified atom stereocenters. The third-order valence-corrected chi connectivity index (χ3v) is 7.74. The SMILES string of the molecule is CC1=C(c2ccccc2)S(=O)(=O)N=C1N1CCC(NC(=O)c2ccc(C)s2)CC1. The van der Waals surface area contributed by atoms with E-state index in [1.165, 1.54) is 11.3 Å². The van der Waals surface area contributed by atoms with E-state index in [1.54, 1.807) is 12.1 Å². The van der Waals surface area contributed by atoms with Crippen LogP contribution in [0.15, 0.2) is 52.4 Å². The van der Waals surface area contributed by atoms with Crippen molar-refractivity contribution in [2.24, 2.45) is 4.40 Å². The van der Waals surface area contributed by atoms with Gasteiger partial charge in [0.15, 0.2) is 0 Å². The van der Waals surface area contributed by atoms with Gasteiger partial charge in [0.25, 0.3) is 15.9 Å². The number of aryl methyl sites for hydroxylation is 1. The lowest BCUT2D eigenvalue weighted by Gasteiger charge is -2.33. The lowest BCUT2D eigenvalue weighted by atomic mass is 10.0. The second kappa shape index (κ2) is 7.76. The Kier molecular flexibility index (Phi) is 5.31. The van der Waals surface area contributed by atoms with Gasteiger partial charge in [0, 0.05) is 29.6 Å². The Bertz CT molecular complexity index is 1090. The highest BCUT2D eigenvalue weighted by molar-refractivity contribution is 8.00. The summed E-state index contributed by atoms with van der Waals surface area (Å²) in [4.78, 5) is 16.5. The number of hydrogen-bond donors (Lipinski definition) is 1. The predicted octanol–water partition coefficient (Wildman–Crippen LogP) is 3.42. The monoisotopic (exact) mass is 429 g/mol. The first-order valence-electron chi connectivity index (χ1n) is 9.59. The molecule has 6 nitrogen and oxygen atoms in total. The van der Waals surface area contributed by atoms with E-state index in [2.05, 4.69) is 9.71 Å². The number of hydrogen-bond acceptors (Lipinski definition) is 5. The van der Waals surface area contributed by atoms with E-state index >= 15 is 0 Å². The zero-order chi connectivity index (χ0) is 20.6. The Labute approximate surface area is 175 Å². The van der Waals surface area contributed by atoms with Gasteiger partial charge in [0.2, 0.25) is 0 Å². The Morgan fingerprint density at radius 3 is 2.41 bits per heavy atom. The standard InChI is InChI=1S/C21H23N3O3S2/c1-14-8-9-18(28-14)21(25)22-17-10-12-24(13-11-17)20-15(2)19(29(26,27)23-20)16-6-4-3-5-7-16/h3-9,17H,10-13H2,1-2H3,(H,22,25). The van der Waals surface area contributed by atoms with Crippen LogP contribution in [-0.4, -0.2) is 44.2 Å². The number of likely N-dealkylation sites (tertiary alicyclic amines) is 1. The number of carbonyl (C=O) groups excluding carboxylic acids is 1. The van der Waals surface area contributed by atoms with Gasteiger partial charge in [-0.15, -0.1) is 15.7 Å². The van der Waals surface area contributed by atoms with Crippen molar-refractivity contribution < 1.29 is 13.2 Å². The summed E-state index contributed by atoms with van der Waals surface area (Å²) >= 11 is 1.49. The van der Waals surface area contributed by atoms with Crippen LogP contribution in [0.4, 0.5) is 0 Å². The molecule has 2 aliphatic rings. The molecule has 0 radical (unpaired) electrons. The fourth-order valence-electron chi connectivity index (χ4n) is 3.82. The van der Waals surface area contributed by atoms with Crippen LogP contribution in [0.1, 0.15) is 39.9 Å². The quantitative estimate of drug-likeness (QED) is 0.811. The molecule has 8 heteroatoms. The van der Waals surface area contributed by atoms with Crippen LogP contribution in [0, 0.1) is 6.92 Å². The minimum Gasteiger partial charge on any atom is -0.356 e. The average molecular weight is 430 g/mol. The number of amides is 1. The average Bonchev–Trinajstić information content (AvgIpc) is 3.23. The second-order valence-corrected chi connectivity index (χ2v) is 10.2. The minimum absolute atomic E-state index is 0.0372. The van der Waals surface area contributed by atoms with Crippen molar-refractivity contribution in [3.63, 3.8) is 0 Å². The summed E-state index contributed by atoms with van der Waals surface area (Å²) in [7, 11) is -3.70. The van der Waals surface area contributed by atoms with E-state index in [0.717, 1.165) is 22.6 Å². The summed E-state index contributed by atoms with van der Waals surface area (Å²) in [6.07, 6.45) is 1.51. The number of piperidine rings is 1. The highest BCUT2D eigenvalue weighted by Gasteiger charge is 2.34. The van der Waals surface area contributed by atoms with Gasteiger partial charge in [-0.1, -0.05) is 30.3 Å². The zero-order valence-corrected chi connectivity index (χ0v) is 18.0. The van der Waals surface area contributed by atoms with Gasteiger partial charge in [-0.3, -0.25) is 4.79 Å². The number of sulfonamides is 1. The van der Waals surface area contributed by atoms with Crippen LogP contribution in [0.25, 0.3) is 4.91 Å². The molecule has 1 saturated heterocycles. The molecule has 0 saturated carbocycles. The zero-order valence-electron chi connectivity index (χ0n) is 16.4. The summed E-state index contributed by atoms with van der Waals surface area (Å²) in [5.74, 6) is 0.493. The molecule has 29 heavy (non-hydrogen) atoms. The first-order chi connectivity index (χ1) is 13.8. The summed E-state index contributed by atoms with van der Waals surface area (Å²) in [5, 5.41) is 3.10. The van der Waals surface area contributed by atoms with Crippen molar-refractivity contribution in [1.82, 2.24) is 10.2 Å². The van der Waals surface area contributed by atoms with Crippen molar-refractivity contribution in [1.29, 1.82) is 0 Å². The number of benzene rings is 1. The van der Waals surface area contributed by atoms with E-state index in [1.807, 2.05) is 49.1 Å². The Balaban J connectivity index is 1.45. The minimum atomic E-state index is -3.70. The molecule has 152 valence electrons. The second-order valence-electron chi connectivity index (χ2n) is 7.36. The molecule has 1 N–H and O–H groups in total. The molecule has 1 aromatic heterocycles. The molecule has 0 atom stereocenters. The van der Waals surface area contributed by atoms with Gasteiger partial charge in [-0.2, -0.15) is 8.42 Å². The maximum Gasteiger partial charge on any atom is 0.285 e. The molecule has 0 aliphatic carbocycles. The van der Waals surface area contributed by atoms with Crippen LogP contribution < -0.4 is 5.32 Å². The molecule has 2 aromatic rings. The van der Waals surface area contributed by atoms with Crippen LogP contribution in [0.3, 0.4) is 0 Å². The summed E-state index contributed by atoms with van der Waals surface area (Å²) in [6.45, 7) is 5.11. The lowest BCUT2D eigenvalue weighted by Crippen LogP contribution is -2.46. The Morgan fingerprint density at radius 2 is 1.79 bits per heavy atom. The van der Waals surface area contributed by atoms with Crippen LogP contribution in [0.2, 0.25) is 0 Å². The summed E-state index contributed by atoms with van der Waals surface area (Å²) in [5.41, 5.74) is 1.35. The van der Waals surface area contributed by atoms with Gasteiger partial charge < -0.3 is 10.2 Å². The summed E-state index contributed by atoms with van der Waals surface area (Å²) < 4.78 is 29.4. The normalized spacial score (nSPS) is 19.4. The number of carbonyl (C=O) groups is 1. The topological polar surface area (TPSA) is 78.8 Å². The molecule has 1 fully saturated rings. The molecule has 0 bridgehead atoms. The van der Waals surface area contributed by atoms with E-state index in [-0.39, 0.29) is 16.9 Å². The number of nitrogens with zero attached hydrogens (tertiary/aromatic N) is 2. The molecular weight excluding hydrogens is 406 g/mol. The van der Waals surface area contributed by atoms with Crippen molar-refractivity contribution >= 4 is 38.0 Å². The van der Waals surface area contributed by atoms with Gasteiger partial charge in [-0.05, 0) is 44.4 Å². The molecule has 4 rings (SSSR count). The van der Waals surface area contributed by atoms with E-state index < -0.39 is 10.0 Å². The molecule has 3 heterocycles. The van der Waals surface area contributed by atoms with E-state index in [0.29, 0.717) is 30.1 Å². The van der Waals surface area contributed by atoms with Crippen LogP contribution in [0.5, 0.6) is 0 Å². The molecule has 1 amide bonds. The van der Waals surface area contributed by atoms with E-state index in [9.17, 15) is 13.2 Å². The van der Waals surface area contributed by atoms with Crippen molar-refractivity contribution in [2.45, 2.75) is 32.7 Å². The maximum atomic E-state index is 12.7. The lowest BCUT2D eigenvalue weighted by molar-refractivity contribution is 0.0926. The highest BCUT2D eigenvalue weighted by Crippen LogP contribution is 2.34. The highest BCUT2D eigenvalue weighted by atomic mass is 32.2. The van der Waals surface area contributed by atoms with Crippen molar-refractivity contribution in [2.75, 3.05) is 13.1 Å². The fourth-order valence-corrected chi connectivity index (χ4v) is 6.08. The third-order valence-electron chi connectivity index (χ3n) is 5.27. The number of rotatable bonds is 3. The van der Waals surface area contributed by atoms with Gasteiger partial charge in [-0.25, -0.2) is 0 Å². The third kappa shape index (κ3) is 4.00. The van der Waals surface area contributed by atoms with Crippen molar-refractivity contribution in [3.05, 3.63) is 63.4 Å². The Hall–Kier alpha value is -2.45. The Morgan fingerprint density at radius 1 is 1.10 bits per heavy atom. The van der Waals surface area contributed by atoms with E-state index in [4.69, 9.17) is 0 Å². The van der Waals surface area contributed by atoms with Crippen molar-refractivity contribution in [3.8, 4) is 0 Å². The largest absolute Gasteiger partial charge is 0.356 e. The molecule has 0 spiro atoms. The fraction of sp³-hybridized carbons (Fsp3) is 0.333. The molecular formula is C21H23N3O3S2. The van der Waals surface area contributed by atoms with Crippen LogP contribution >= 0.6 is 11.3 Å². The number of amidine groups is 1. The summed E-state index contributed by atoms with van der Waals surface area (Å²) in [6, 6.07) is 13.0. The molecule has 1 aromatic carbocycles. The first kappa shape index (κ1) is 19.8. The van der Waals surface area contributed by atoms with Gasteiger partial charge in [0.1, 0.15) is 10.7 Å². The van der Waals surface area contributed by atoms with Crippen LogP contribution in [-0.2, 0) is 10.0 Å². The predicted molar refractivity (Wildman–Crippen MR) is 117 cm³/mol. The van der Waals surface area contributed by atoms with Gasteiger partial charge >= 0.3 is 0 Å².